The smallest absolute Gasteiger partial charge is 0.252 e. The third kappa shape index (κ3) is 6.35. The summed E-state index contributed by atoms with van der Waals surface area (Å²) < 4.78 is 5.15. The molecule has 0 atom stereocenters. The zero-order valence-corrected chi connectivity index (χ0v) is 15.4. The van der Waals surface area contributed by atoms with Crippen molar-refractivity contribution in [3.05, 3.63) is 48.3 Å². The van der Waals surface area contributed by atoms with Crippen LogP contribution in [0, 0.1) is 0 Å². The fourth-order valence-corrected chi connectivity index (χ4v) is 2.05. The predicted octanol–water partition coefficient (Wildman–Crippen LogP) is 2.94. The molecule has 0 saturated heterocycles. The SMILES string of the molecule is CCNCCNC(=O)c1cncc(-c2ccc(OC)cc2)c1.Cl.Cl. The number of methoxy groups -OCH3 is 1. The molecule has 2 rings (SSSR count). The van der Waals surface area contributed by atoms with Gasteiger partial charge in [0, 0.05) is 31.0 Å². The van der Waals surface area contributed by atoms with E-state index in [1.54, 1.807) is 19.5 Å². The molecule has 2 N–H and O–H groups in total. The van der Waals surface area contributed by atoms with Crippen LogP contribution < -0.4 is 15.4 Å². The number of hydrogen-bond acceptors (Lipinski definition) is 4. The molecule has 0 unspecified atom stereocenters. The van der Waals surface area contributed by atoms with Crippen molar-refractivity contribution in [3.63, 3.8) is 0 Å². The van der Waals surface area contributed by atoms with Crippen molar-refractivity contribution < 1.29 is 9.53 Å². The fourth-order valence-electron chi connectivity index (χ4n) is 2.05. The van der Waals surface area contributed by atoms with Crippen molar-refractivity contribution in [1.29, 1.82) is 0 Å². The van der Waals surface area contributed by atoms with Crippen LogP contribution in [-0.2, 0) is 0 Å². The second-order valence-corrected chi connectivity index (χ2v) is 4.80. The van der Waals surface area contributed by atoms with Gasteiger partial charge in [-0.15, -0.1) is 24.8 Å². The second kappa shape index (κ2) is 11.7. The minimum absolute atomic E-state index is 0. The van der Waals surface area contributed by atoms with E-state index < -0.39 is 0 Å². The van der Waals surface area contributed by atoms with E-state index in [9.17, 15) is 4.79 Å². The topological polar surface area (TPSA) is 63.2 Å². The second-order valence-electron chi connectivity index (χ2n) is 4.80. The highest BCUT2D eigenvalue weighted by Crippen LogP contribution is 2.22. The van der Waals surface area contributed by atoms with Crippen LogP contribution in [0.1, 0.15) is 17.3 Å². The van der Waals surface area contributed by atoms with Gasteiger partial charge in [0.25, 0.3) is 5.91 Å². The molecule has 1 heterocycles. The molecule has 0 aliphatic heterocycles. The molecule has 0 fully saturated rings. The molecule has 5 nitrogen and oxygen atoms in total. The van der Waals surface area contributed by atoms with Crippen LogP contribution >= 0.6 is 24.8 Å². The van der Waals surface area contributed by atoms with Gasteiger partial charge in [-0.2, -0.15) is 0 Å². The highest BCUT2D eigenvalue weighted by atomic mass is 35.5. The van der Waals surface area contributed by atoms with Gasteiger partial charge in [0.1, 0.15) is 5.75 Å². The van der Waals surface area contributed by atoms with Crippen LogP contribution in [-0.4, -0.2) is 37.6 Å². The van der Waals surface area contributed by atoms with Gasteiger partial charge in [-0.3, -0.25) is 9.78 Å². The molecule has 0 saturated carbocycles. The Morgan fingerprint density at radius 3 is 2.42 bits per heavy atom. The largest absolute Gasteiger partial charge is 0.497 e. The Labute approximate surface area is 155 Å². The number of pyridine rings is 1. The monoisotopic (exact) mass is 371 g/mol. The molecular formula is C17H23Cl2N3O2. The molecule has 1 aromatic heterocycles. The maximum absolute atomic E-state index is 12.1. The summed E-state index contributed by atoms with van der Waals surface area (Å²) in [6, 6.07) is 9.51. The van der Waals surface area contributed by atoms with Crippen LogP contribution in [0.3, 0.4) is 0 Å². The highest BCUT2D eigenvalue weighted by Gasteiger charge is 2.07. The van der Waals surface area contributed by atoms with Crippen LogP contribution in [0.4, 0.5) is 0 Å². The maximum Gasteiger partial charge on any atom is 0.252 e. The first-order valence-corrected chi connectivity index (χ1v) is 7.33. The van der Waals surface area contributed by atoms with Crippen molar-refractivity contribution in [2.45, 2.75) is 6.92 Å². The molecule has 0 radical (unpaired) electrons. The molecule has 132 valence electrons. The van der Waals surface area contributed by atoms with E-state index in [-0.39, 0.29) is 30.7 Å². The van der Waals surface area contributed by atoms with Crippen LogP contribution in [0.25, 0.3) is 11.1 Å². The molecule has 0 aliphatic carbocycles. The van der Waals surface area contributed by atoms with Gasteiger partial charge in [-0.25, -0.2) is 0 Å². The first kappa shape index (κ1) is 22.2. The number of nitrogens with one attached hydrogen (secondary N) is 2. The minimum atomic E-state index is -0.110. The number of aromatic nitrogens is 1. The predicted molar refractivity (Wildman–Crippen MR) is 102 cm³/mol. The molecule has 24 heavy (non-hydrogen) atoms. The Morgan fingerprint density at radius 2 is 1.79 bits per heavy atom. The average molecular weight is 372 g/mol. The molecule has 1 amide bonds. The lowest BCUT2D eigenvalue weighted by Crippen LogP contribution is -2.31. The first-order chi connectivity index (χ1) is 10.7. The quantitative estimate of drug-likeness (QED) is 0.734. The molecule has 1 aromatic carbocycles. The summed E-state index contributed by atoms with van der Waals surface area (Å²) in [7, 11) is 1.63. The summed E-state index contributed by atoms with van der Waals surface area (Å²) >= 11 is 0. The zero-order valence-electron chi connectivity index (χ0n) is 13.7. The Balaban J connectivity index is 0.00000264. The summed E-state index contributed by atoms with van der Waals surface area (Å²) in [5, 5.41) is 6.03. The van der Waals surface area contributed by atoms with Gasteiger partial charge in [-0.05, 0) is 30.3 Å². The number of rotatable bonds is 7. The van der Waals surface area contributed by atoms with Crippen molar-refractivity contribution in [2.75, 3.05) is 26.7 Å². The lowest BCUT2D eigenvalue weighted by Gasteiger charge is -2.07. The van der Waals surface area contributed by atoms with Gasteiger partial charge < -0.3 is 15.4 Å². The normalized spacial score (nSPS) is 9.42. The third-order valence-electron chi connectivity index (χ3n) is 3.26. The first-order valence-electron chi connectivity index (χ1n) is 7.33. The van der Waals surface area contributed by atoms with E-state index in [0.717, 1.165) is 30.0 Å². The molecule has 0 spiro atoms. The van der Waals surface area contributed by atoms with E-state index in [0.29, 0.717) is 12.1 Å². The van der Waals surface area contributed by atoms with E-state index in [1.807, 2.05) is 37.3 Å². The van der Waals surface area contributed by atoms with Gasteiger partial charge >= 0.3 is 0 Å². The van der Waals surface area contributed by atoms with Crippen molar-refractivity contribution in [2.24, 2.45) is 0 Å². The standard InChI is InChI=1S/C17H21N3O2.2ClH/c1-3-18-8-9-20-17(21)15-10-14(11-19-12-15)13-4-6-16(22-2)7-5-13;;/h4-7,10-12,18H,3,8-9H2,1-2H3,(H,20,21);2*1H. The van der Waals surface area contributed by atoms with E-state index >= 15 is 0 Å². The molecule has 2 aromatic rings. The summed E-state index contributed by atoms with van der Waals surface area (Å²) in [5.74, 6) is 0.690. The third-order valence-corrected chi connectivity index (χ3v) is 3.26. The Hall–Kier alpha value is -1.82. The maximum atomic E-state index is 12.1. The molecule has 7 heteroatoms. The van der Waals surface area contributed by atoms with Crippen molar-refractivity contribution in [3.8, 4) is 16.9 Å². The number of halogens is 2. The Bertz CT molecular complexity index is 621. The van der Waals surface area contributed by atoms with Gasteiger partial charge in [0.15, 0.2) is 0 Å². The number of benzene rings is 1. The average Bonchev–Trinajstić information content (AvgIpc) is 2.59. The summed E-state index contributed by atoms with van der Waals surface area (Å²) in [4.78, 5) is 16.3. The molecule has 0 aliphatic rings. The Morgan fingerprint density at radius 1 is 1.08 bits per heavy atom. The van der Waals surface area contributed by atoms with Gasteiger partial charge in [0.05, 0.1) is 12.7 Å². The lowest BCUT2D eigenvalue weighted by molar-refractivity contribution is 0.0953. The number of ether oxygens (including phenoxy) is 1. The number of amides is 1. The van der Waals surface area contributed by atoms with E-state index in [2.05, 4.69) is 15.6 Å². The lowest BCUT2D eigenvalue weighted by atomic mass is 10.1. The number of carbonyl (C=O) groups is 1. The van der Waals surface area contributed by atoms with E-state index in [1.165, 1.54) is 0 Å². The van der Waals surface area contributed by atoms with Crippen LogP contribution in [0.15, 0.2) is 42.7 Å². The highest BCUT2D eigenvalue weighted by molar-refractivity contribution is 5.95. The number of carbonyl (C=O) groups excluding carboxylic acids is 1. The van der Waals surface area contributed by atoms with Crippen molar-refractivity contribution in [1.82, 2.24) is 15.6 Å². The molecular weight excluding hydrogens is 349 g/mol. The minimum Gasteiger partial charge on any atom is -0.497 e. The number of nitrogens with zero attached hydrogens (tertiary/aromatic N) is 1. The van der Waals surface area contributed by atoms with E-state index in [4.69, 9.17) is 4.74 Å². The summed E-state index contributed by atoms with van der Waals surface area (Å²) in [6.07, 6.45) is 3.33. The number of likely N-dealkylation sites (N-methyl/N-ethyl adjacent to an activating group) is 1. The molecule has 0 bridgehead atoms. The number of hydrogen-bond donors (Lipinski definition) is 2. The fraction of sp³-hybridized carbons (Fsp3) is 0.294. The van der Waals surface area contributed by atoms with Crippen molar-refractivity contribution >= 4 is 30.7 Å². The summed E-state index contributed by atoms with van der Waals surface area (Å²) in [5.41, 5.74) is 2.46. The zero-order chi connectivity index (χ0) is 15.8. The summed E-state index contributed by atoms with van der Waals surface area (Å²) in [6.45, 7) is 4.28. The van der Waals surface area contributed by atoms with Crippen LogP contribution in [0.2, 0.25) is 0 Å². The van der Waals surface area contributed by atoms with Gasteiger partial charge in [-0.1, -0.05) is 19.1 Å². The van der Waals surface area contributed by atoms with Crippen LogP contribution in [0.5, 0.6) is 5.75 Å². The Kier molecular flexibility index (Phi) is 10.8. The van der Waals surface area contributed by atoms with Gasteiger partial charge in [0.2, 0.25) is 0 Å².